The molecule has 0 fully saturated rings. The standard InChI is InChI=1S/C14H21ClN2O2S2/c1-4-9(2)7-10(3)17-21(18,19)11-5-6-12(14(16)20)13(15)8-11/h5-6,8-10,17H,4,7H2,1-3H3,(H2,16,20). The minimum absolute atomic E-state index is 0.114. The van der Waals surface area contributed by atoms with Gasteiger partial charge in [0.25, 0.3) is 0 Å². The third kappa shape index (κ3) is 5.21. The van der Waals surface area contributed by atoms with Crippen LogP contribution in [-0.2, 0) is 10.0 Å². The third-order valence-electron chi connectivity index (χ3n) is 3.33. The first-order chi connectivity index (χ1) is 9.67. The summed E-state index contributed by atoms with van der Waals surface area (Å²) in [5, 5.41) is 0.236. The fourth-order valence-electron chi connectivity index (χ4n) is 2.01. The summed E-state index contributed by atoms with van der Waals surface area (Å²) in [5.41, 5.74) is 5.98. The van der Waals surface area contributed by atoms with Gasteiger partial charge in [0.1, 0.15) is 4.99 Å². The van der Waals surface area contributed by atoms with Gasteiger partial charge in [0, 0.05) is 11.6 Å². The van der Waals surface area contributed by atoms with Crippen molar-refractivity contribution in [1.29, 1.82) is 0 Å². The molecule has 0 aliphatic carbocycles. The van der Waals surface area contributed by atoms with Gasteiger partial charge >= 0.3 is 0 Å². The second kappa shape index (κ2) is 7.54. The van der Waals surface area contributed by atoms with Gasteiger partial charge in [0.15, 0.2) is 0 Å². The Labute approximate surface area is 137 Å². The number of nitrogens with one attached hydrogen (secondary N) is 1. The van der Waals surface area contributed by atoms with E-state index < -0.39 is 10.0 Å². The highest BCUT2D eigenvalue weighted by Gasteiger charge is 2.19. The molecule has 0 radical (unpaired) electrons. The summed E-state index contributed by atoms with van der Waals surface area (Å²) in [6.45, 7) is 6.04. The maximum absolute atomic E-state index is 12.3. The molecule has 0 aliphatic heterocycles. The Morgan fingerprint density at radius 1 is 1.43 bits per heavy atom. The van der Waals surface area contributed by atoms with Crippen LogP contribution in [0.3, 0.4) is 0 Å². The van der Waals surface area contributed by atoms with Crippen LogP contribution in [-0.4, -0.2) is 19.4 Å². The molecule has 3 N–H and O–H groups in total. The molecule has 4 nitrogen and oxygen atoms in total. The van der Waals surface area contributed by atoms with E-state index in [2.05, 4.69) is 18.6 Å². The van der Waals surface area contributed by atoms with Crippen LogP contribution in [0.25, 0.3) is 0 Å². The molecule has 0 amide bonds. The molecule has 2 atom stereocenters. The fourth-order valence-corrected chi connectivity index (χ4v) is 3.88. The number of thiocarbonyl (C=S) groups is 1. The molecule has 21 heavy (non-hydrogen) atoms. The second-order valence-corrected chi connectivity index (χ2v) is 7.84. The van der Waals surface area contributed by atoms with E-state index in [-0.39, 0.29) is 20.9 Å². The molecule has 7 heteroatoms. The summed E-state index contributed by atoms with van der Waals surface area (Å²) in [6.07, 6.45) is 1.80. The lowest BCUT2D eigenvalue weighted by Crippen LogP contribution is -2.33. The van der Waals surface area contributed by atoms with Gasteiger partial charge in [-0.05, 0) is 37.5 Å². The van der Waals surface area contributed by atoms with Crippen LogP contribution in [0.15, 0.2) is 23.1 Å². The van der Waals surface area contributed by atoms with E-state index in [1.807, 2.05) is 6.92 Å². The van der Waals surface area contributed by atoms with E-state index in [0.717, 1.165) is 12.8 Å². The van der Waals surface area contributed by atoms with Crippen molar-refractivity contribution in [3.8, 4) is 0 Å². The number of halogens is 1. The van der Waals surface area contributed by atoms with E-state index in [9.17, 15) is 8.42 Å². The zero-order valence-electron chi connectivity index (χ0n) is 12.4. The average molecular weight is 349 g/mol. The highest BCUT2D eigenvalue weighted by atomic mass is 35.5. The van der Waals surface area contributed by atoms with Crippen LogP contribution in [0, 0.1) is 5.92 Å². The molecular weight excluding hydrogens is 328 g/mol. The quantitative estimate of drug-likeness (QED) is 0.743. The first kappa shape index (κ1) is 18.4. The number of hydrogen-bond acceptors (Lipinski definition) is 3. The Kier molecular flexibility index (Phi) is 6.59. The van der Waals surface area contributed by atoms with Crippen molar-refractivity contribution in [2.75, 3.05) is 0 Å². The second-order valence-electron chi connectivity index (χ2n) is 5.28. The molecule has 0 heterocycles. The van der Waals surface area contributed by atoms with E-state index >= 15 is 0 Å². The van der Waals surface area contributed by atoms with Gasteiger partial charge in [0.05, 0.1) is 9.92 Å². The highest BCUT2D eigenvalue weighted by molar-refractivity contribution is 7.89. The summed E-state index contributed by atoms with van der Waals surface area (Å²) in [5.74, 6) is 0.461. The monoisotopic (exact) mass is 348 g/mol. The van der Waals surface area contributed by atoms with Gasteiger partial charge in [0.2, 0.25) is 10.0 Å². The van der Waals surface area contributed by atoms with Crippen LogP contribution >= 0.6 is 23.8 Å². The Bertz CT molecular complexity index is 617. The molecule has 0 saturated heterocycles. The highest BCUT2D eigenvalue weighted by Crippen LogP contribution is 2.21. The van der Waals surface area contributed by atoms with Crippen LogP contribution in [0.2, 0.25) is 5.02 Å². The van der Waals surface area contributed by atoms with Gasteiger partial charge in [-0.25, -0.2) is 13.1 Å². The van der Waals surface area contributed by atoms with Crippen LogP contribution in [0.1, 0.15) is 39.2 Å². The number of nitrogens with two attached hydrogens (primary N) is 1. The van der Waals surface area contributed by atoms with Crippen molar-refractivity contribution in [2.24, 2.45) is 11.7 Å². The van der Waals surface area contributed by atoms with Crippen molar-refractivity contribution in [1.82, 2.24) is 4.72 Å². The maximum Gasteiger partial charge on any atom is 0.240 e. The first-order valence-corrected chi connectivity index (χ1v) is 9.06. The number of benzene rings is 1. The maximum atomic E-state index is 12.3. The molecule has 118 valence electrons. The lowest BCUT2D eigenvalue weighted by molar-refractivity contribution is 0.445. The van der Waals surface area contributed by atoms with Crippen LogP contribution in [0.5, 0.6) is 0 Å². The summed E-state index contributed by atoms with van der Waals surface area (Å²) in [6, 6.07) is 4.21. The van der Waals surface area contributed by atoms with Gasteiger partial charge in [-0.2, -0.15) is 0 Å². The molecule has 0 spiro atoms. The summed E-state index contributed by atoms with van der Waals surface area (Å²) in [7, 11) is -3.60. The van der Waals surface area contributed by atoms with Crippen LogP contribution in [0.4, 0.5) is 0 Å². The molecule has 0 aromatic heterocycles. The van der Waals surface area contributed by atoms with Crippen molar-refractivity contribution in [2.45, 2.75) is 44.6 Å². The normalized spacial score (nSPS) is 14.7. The Hall–Kier alpha value is -0.690. The minimum atomic E-state index is -3.60. The zero-order valence-corrected chi connectivity index (χ0v) is 14.8. The molecule has 0 aliphatic rings. The minimum Gasteiger partial charge on any atom is -0.389 e. The largest absolute Gasteiger partial charge is 0.389 e. The first-order valence-electron chi connectivity index (χ1n) is 6.79. The SMILES string of the molecule is CCC(C)CC(C)NS(=O)(=O)c1ccc(C(N)=S)c(Cl)c1. The van der Waals surface area contributed by atoms with Crippen molar-refractivity contribution < 1.29 is 8.42 Å². The third-order valence-corrected chi connectivity index (χ3v) is 5.45. The summed E-state index contributed by atoms with van der Waals surface area (Å²) >= 11 is 10.9. The lowest BCUT2D eigenvalue weighted by Gasteiger charge is -2.18. The average Bonchev–Trinajstić information content (AvgIpc) is 2.37. The van der Waals surface area contributed by atoms with Crippen LogP contribution < -0.4 is 10.5 Å². The number of rotatable bonds is 7. The Balaban J connectivity index is 2.93. The predicted octanol–water partition coefficient (Wildman–Crippen LogP) is 3.08. The van der Waals surface area contributed by atoms with Crippen molar-refractivity contribution in [3.05, 3.63) is 28.8 Å². The topological polar surface area (TPSA) is 72.2 Å². The van der Waals surface area contributed by atoms with Gasteiger partial charge < -0.3 is 5.73 Å². The fraction of sp³-hybridized carbons (Fsp3) is 0.500. The van der Waals surface area contributed by atoms with Gasteiger partial charge in [-0.15, -0.1) is 0 Å². The zero-order chi connectivity index (χ0) is 16.2. The van der Waals surface area contributed by atoms with Gasteiger partial charge in [-0.3, -0.25) is 0 Å². The van der Waals surface area contributed by atoms with E-state index in [4.69, 9.17) is 29.6 Å². The molecule has 0 saturated carbocycles. The molecular formula is C14H21ClN2O2S2. The molecule has 0 bridgehead atoms. The van der Waals surface area contributed by atoms with Gasteiger partial charge in [-0.1, -0.05) is 44.1 Å². The lowest BCUT2D eigenvalue weighted by atomic mass is 10.0. The Morgan fingerprint density at radius 2 is 2.05 bits per heavy atom. The van der Waals surface area contributed by atoms with E-state index in [0.29, 0.717) is 11.5 Å². The smallest absolute Gasteiger partial charge is 0.240 e. The molecule has 1 rings (SSSR count). The molecule has 2 unspecified atom stereocenters. The Morgan fingerprint density at radius 3 is 2.52 bits per heavy atom. The number of hydrogen-bond donors (Lipinski definition) is 2. The predicted molar refractivity (Wildman–Crippen MR) is 91.2 cm³/mol. The van der Waals surface area contributed by atoms with E-state index in [1.165, 1.54) is 18.2 Å². The summed E-state index contributed by atoms with van der Waals surface area (Å²) in [4.78, 5) is 0.255. The molecule has 1 aromatic carbocycles. The number of sulfonamides is 1. The molecule has 1 aromatic rings. The summed E-state index contributed by atoms with van der Waals surface area (Å²) < 4.78 is 27.3. The van der Waals surface area contributed by atoms with Crippen molar-refractivity contribution >= 4 is 38.8 Å². The van der Waals surface area contributed by atoms with Crippen molar-refractivity contribution in [3.63, 3.8) is 0 Å². The van der Waals surface area contributed by atoms with E-state index in [1.54, 1.807) is 0 Å².